The van der Waals surface area contributed by atoms with Crippen molar-refractivity contribution >= 4 is 46.0 Å². The number of aryl methyl sites for hydroxylation is 1. The summed E-state index contributed by atoms with van der Waals surface area (Å²) in [4.78, 5) is 28.8. The molecule has 0 saturated carbocycles. The van der Waals surface area contributed by atoms with Crippen LogP contribution in [0.4, 0.5) is 35.1 Å². The van der Waals surface area contributed by atoms with Crippen molar-refractivity contribution in [2.24, 2.45) is 7.05 Å². The van der Waals surface area contributed by atoms with Gasteiger partial charge in [0.25, 0.3) is 18.2 Å². The molecule has 236 valence electrons. The molecule has 3 N–H and O–H groups in total. The van der Waals surface area contributed by atoms with Gasteiger partial charge >= 0.3 is 12.4 Å². The molecule has 3 rings (SSSR count). The van der Waals surface area contributed by atoms with Crippen molar-refractivity contribution in [3.8, 4) is 5.75 Å². The van der Waals surface area contributed by atoms with Gasteiger partial charge in [0.15, 0.2) is 0 Å². The van der Waals surface area contributed by atoms with Crippen LogP contribution in [-0.2, 0) is 24.8 Å². The predicted molar refractivity (Wildman–Crippen MR) is 138 cm³/mol. The highest BCUT2D eigenvalue weighted by Gasteiger charge is 2.55. The number of hydrogen-bond donors (Lipinski definition) is 3. The lowest BCUT2D eigenvalue weighted by Gasteiger charge is -2.25. The fraction of sp³-hybridized carbons (Fsp3) is 0.400. The number of nitrogens with zero attached hydrogens (tertiary/aromatic N) is 2. The van der Waals surface area contributed by atoms with Crippen LogP contribution < -0.4 is 15.4 Å². The molecular formula is C25H22Cl2F8N4O4. The largest absolute Gasteiger partial charge is 0.487 e. The Bertz CT molecular complexity index is 1520. The zero-order valence-corrected chi connectivity index (χ0v) is 23.6. The lowest BCUT2D eigenvalue weighted by atomic mass is 10.0. The summed E-state index contributed by atoms with van der Waals surface area (Å²) in [6.07, 6.45) is -13.1. The van der Waals surface area contributed by atoms with E-state index in [1.807, 2.05) is 5.32 Å². The van der Waals surface area contributed by atoms with E-state index >= 15 is 0 Å². The van der Waals surface area contributed by atoms with Crippen LogP contribution >= 0.6 is 23.2 Å². The van der Waals surface area contributed by atoms with Crippen molar-refractivity contribution < 1.29 is 54.6 Å². The van der Waals surface area contributed by atoms with Crippen LogP contribution in [-0.4, -0.2) is 64.0 Å². The number of carbonyl (C=O) groups is 2. The SMILES string of the molecule is Cn1c(Cc2c(Cl)ccc(CNC(=O)C(C)(O)C(F)(F)F)c2Cl)nc2cc(C(=O)NCC(F)(F)F)c(OCC(F)F)cc21. The predicted octanol–water partition coefficient (Wildman–Crippen LogP) is 5.34. The summed E-state index contributed by atoms with van der Waals surface area (Å²) in [6, 6.07) is 4.91. The Labute approximate surface area is 247 Å². The Morgan fingerprint density at radius 3 is 2.33 bits per heavy atom. The van der Waals surface area contributed by atoms with Gasteiger partial charge in [0, 0.05) is 31.1 Å². The van der Waals surface area contributed by atoms with Gasteiger partial charge in [-0.2, -0.15) is 26.3 Å². The summed E-state index contributed by atoms with van der Waals surface area (Å²) < 4.78 is 109. The average molecular weight is 665 g/mol. The molecule has 18 heteroatoms. The number of carbonyl (C=O) groups excluding carboxylic acids is 2. The molecule has 0 aliphatic carbocycles. The third-order valence-corrected chi connectivity index (χ3v) is 6.99. The highest BCUT2D eigenvalue weighted by molar-refractivity contribution is 6.36. The Balaban J connectivity index is 1.95. The molecule has 43 heavy (non-hydrogen) atoms. The fourth-order valence-electron chi connectivity index (χ4n) is 3.73. The third kappa shape index (κ3) is 7.97. The maximum atomic E-state index is 13.0. The number of halogens is 10. The monoisotopic (exact) mass is 664 g/mol. The number of alkyl halides is 8. The zero-order valence-electron chi connectivity index (χ0n) is 22.1. The van der Waals surface area contributed by atoms with E-state index in [2.05, 4.69) is 4.98 Å². The van der Waals surface area contributed by atoms with Crippen molar-refractivity contribution in [3.05, 3.63) is 56.8 Å². The zero-order chi connectivity index (χ0) is 32.5. The standard InChI is InChI=1S/C25H22Cl2F8N4O4/c1-23(42,25(33,34)35)22(41)36-8-11-3-4-14(26)12(20(11)27)6-19-38-15-5-13(21(40)37-10-24(30,31)32)17(43-9-18(28)29)7-16(15)39(19)2/h3-5,7,18,42H,6,8-10H2,1-2H3,(H,36,41)(H,37,40). The first-order valence-electron chi connectivity index (χ1n) is 12.0. The molecule has 0 aliphatic heterocycles. The maximum absolute atomic E-state index is 13.0. The lowest BCUT2D eigenvalue weighted by molar-refractivity contribution is -0.245. The van der Waals surface area contributed by atoms with Crippen LogP contribution in [0.15, 0.2) is 24.3 Å². The quantitative estimate of drug-likeness (QED) is 0.254. The van der Waals surface area contributed by atoms with Crippen LogP contribution in [0.25, 0.3) is 11.0 Å². The van der Waals surface area contributed by atoms with E-state index in [1.165, 1.54) is 23.7 Å². The summed E-state index contributed by atoms with van der Waals surface area (Å²) >= 11 is 12.7. The molecule has 0 bridgehead atoms. The van der Waals surface area contributed by atoms with Crippen LogP contribution in [0.2, 0.25) is 10.0 Å². The molecule has 8 nitrogen and oxygen atoms in total. The van der Waals surface area contributed by atoms with Crippen molar-refractivity contribution in [3.63, 3.8) is 0 Å². The van der Waals surface area contributed by atoms with Gasteiger partial charge < -0.3 is 25.0 Å². The van der Waals surface area contributed by atoms with E-state index in [0.29, 0.717) is 0 Å². The second kappa shape index (κ2) is 12.7. The van der Waals surface area contributed by atoms with E-state index in [-0.39, 0.29) is 51.4 Å². The van der Waals surface area contributed by atoms with E-state index in [1.54, 1.807) is 5.32 Å². The number of amides is 2. The molecular weight excluding hydrogens is 643 g/mol. The van der Waals surface area contributed by atoms with Crippen LogP contribution in [0.3, 0.4) is 0 Å². The minimum Gasteiger partial charge on any atom is -0.487 e. The number of hydrogen-bond acceptors (Lipinski definition) is 5. The number of fused-ring (bicyclic) bond motifs is 1. The molecule has 0 aliphatic rings. The summed E-state index contributed by atoms with van der Waals surface area (Å²) in [5.41, 5.74) is -3.49. The number of nitrogens with one attached hydrogen (secondary N) is 2. The number of aromatic nitrogens is 2. The summed E-state index contributed by atoms with van der Waals surface area (Å²) in [5, 5.41) is 13.2. The first-order chi connectivity index (χ1) is 19.7. The normalized spacial score (nSPS) is 13.7. The molecule has 3 aromatic rings. The Hall–Kier alpha value is -3.37. The van der Waals surface area contributed by atoms with Gasteiger partial charge in [-0.15, -0.1) is 0 Å². The second-order valence-corrected chi connectivity index (χ2v) is 10.1. The van der Waals surface area contributed by atoms with Gasteiger partial charge in [-0.05, 0) is 30.2 Å². The number of benzene rings is 2. The Morgan fingerprint density at radius 1 is 1.09 bits per heavy atom. The van der Waals surface area contributed by atoms with E-state index in [4.69, 9.17) is 27.9 Å². The number of rotatable bonds is 10. The first-order valence-corrected chi connectivity index (χ1v) is 12.8. The average Bonchev–Trinajstić information content (AvgIpc) is 3.20. The maximum Gasteiger partial charge on any atom is 0.426 e. The molecule has 2 amide bonds. The summed E-state index contributed by atoms with van der Waals surface area (Å²) in [5.74, 6) is -3.18. The smallest absolute Gasteiger partial charge is 0.426 e. The molecule has 1 atom stereocenters. The topological polar surface area (TPSA) is 105 Å². The van der Waals surface area contributed by atoms with Crippen LogP contribution in [0.1, 0.15) is 34.2 Å². The van der Waals surface area contributed by atoms with Crippen molar-refractivity contribution in [1.29, 1.82) is 0 Å². The van der Waals surface area contributed by atoms with Gasteiger partial charge in [0.2, 0.25) is 5.60 Å². The molecule has 2 aromatic carbocycles. The van der Waals surface area contributed by atoms with Crippen LogP contribution in [0, 0.1) is 0 Å². The molecule has 0 fully saturated rings. The van der Waals surface area contributed by atoms with E-state index < -0.39 is 67.2 Å². The molecule has 0 radical (unpaired) electrons. The number of aliphatic hydroxyl groups is 1. The lowest BCUT2D eigenvalue weighted by Crippen LogP contribution is -2.54. The number of imidazole rings is 1. The highest BCUT2D eigenvalue weighted by atomic mass is 35.5. The van der Waals surface area contributed by atoms with Crippen molar-refractivity contribution in [2.45, 2.75) is 44.3 Å². The molecule has 1 aromatic heterocycles. The molecule has 0 saturated heterocycles. The molecule has 1 unspecified atom stereocenters. The minimum absolute atomic E-state index is 0.0559. The number of ether oxygens (including phenoxy) is 1. The fourth-order valence-corrected chi connectivity index (χ4v) is 4.30. The van der Waals surface area contributed by atoms with Gasteiger partial charge in [0.05, 0.1) is 21.6 Å². The van der Waals surface area contributed by atoms with Gasteiger partial charge in [-0.1, -0.05) is 29.3 Å². The Morgan fingerprint density at radius 2 is 1.74 bits per heavy atom. The Kier molecular flexibility index (Phi) is 10.1. The van der Waals surface area contributed by atoms with Crippen LogP contribution in [0.5, 0.6) is 5.75 Å². The molecule has 1 heterocycles. The molecule has 0 spiro atoms. The first kappa shape index (κ1) is 34.1. The van der Waals surface area contributed by atoms with Gasteiger partial charge in [-0.3, -0.25) is 9.59 Å². The third-order valence-electron chi connectivity index (χ3n) is 6.17. The van der Waals surface area contributed by atoms with E-state index in [0.717, 1.165) is 12.1 Å². The summed E-state index contributed by atoms with van der Waals surface area (Å²) in [7, 11) is 1.50. The van der Waals surface area contributed by atoms with Crippen molar-refractivity contribution in [2.75, 3.05) is 13.2 Å². The minimum atomic E-state index is -5.24. The highest BCUT2D eigenvalue weighted by Crippen LogP contribution is 2.34. The van der Waals surface area contributed by atoms with Gasteiger partial charge in [0.1, 0.15) is 24.7 Å². The summed E-state index contributed by atoms with van der Waals surface area (Å²) in [6.45, 7) is -3.06. The second-order valence-electron chi connectivity index (χ2n) is 9.35. The van der Waals surface area contributed by atoms with Crippen molar-refractivity contribution in [1.82, 2.24) is 20.2 Å². The van der Waals surface area contributed by atoms with E-state index in [9.17, 15) is 49.8 Å². The van der Waals surface area contributed by atoms with Gasteiger partial charge in [-0.25, -0.2) is 13.8 Å².